The van der Waals surface area contributed by atoms with Crippen molar-refractivity contribution in [3.8, 4) is 0 Å². The highest BCUT2D eigenvalue weighted by Crippen LogP contribution is 2.30. The summed E-state index contributed by atoms with van der Waals surface area (Å²) in [5.41, 5.74) is 1.87. The van der Waals surface area contributed by atoms with Crippen molar-refractivity contribution in [1.82, 2.24) is 0 Å². The molecule has 5 nitrogen and oxygen atoms in total. The molecule has 1 aliphatic rings. The number of nitro groups is 1. The van der Waals surface area contributed by atoms with Crippen molar-refractivity contribution >= 4 is 11.4 Å². The van der Waals surface area contributed by atoms with Gasteiger partial charge in [0.15, 0.2) is 0 Å². The van der Waals surface area contributed by atoms with Crippen LogP contribution in [0, 0.1) is 22.5 Å². The van der Waals surface area contributed by atoms with Crippen molar-refractivity contribution in [2.24, 2.45) is 5.41 Å². The fourth-order valence-corrected chi connectivity index (χ4v) is 2.27. The Hall–Kier alpha value is -1.62. The molecule has 0 radical (unpaired) electrons. The van der Waals surface area contributed by atoms with Crippen LogP contribution in [0.2, 0.25) is 0 Å². The molecule has 0 atom stereocenters. The molecule has 0 amide bonds. The molecule has 0 saturated carbocycles. The number of benzene rings is 1. The number of hydrogen-bond donors (Lipinski definition) is 1. The molecule has 1 aromatic carbocycles. The van der Waals surface area contributed by atoms with Gasteiger partial charge in [-0.1, -0.05) is 13.0 Å². The van der Waals surface area contributed by atoms with Crippen LogP contribution in [0.3, 0.4) is 0 Å². The van der Waals surface area contributed by atoms with Crippen LogP contribution in [-0.4, -0.2) is 24.7 Å². The maximum Gasteiger partial charge on any atom is 0.274 e. The number of aryl methyl sites for hydroxylation is 1. The van der Waals surface area contributed by atoms with Crippen molar-refractivity contribution in [3.63, 3.8) is 0 Å². The summed E-state index contributed by atoms with van der Waals surface area (Å²) in [5.74, 6) is 0. The zero-order valence-electron chi connectivity index (χ0n) is 11.4. The Morgan fingerprint density at radius 1 is 1.42 bits per heavy atom. The van der Waals surface area contributed by atoms with Gasteiger partial charge in [-0.15, -0.1) is 0 Å². The minimum absolute atomic E-state index is 0.169. The van der Waals surface area contributed by atoms with Gasteiger partial charge < -0.3 is 10.1 Å². The van der Waals surface area contributed by atoms with E-state index in [9.17, 15) is 10.1 Å². The molecule has 0 spiro atoms. The zero-order chi connectivity index (χ0) is 13.9. The largest absolute Gasteiger partial charge is 0.384 e. The molecular formula is C14H20N2O3. The molecule has 19 heavy (non-hydrogen) atoms. The average Bonchev–Trinajstić information content (AvgIpc) is 2.38. The second kappa shape index (κ2) is 5.57. The minimum atomic E-state index is -0.337. The van der Waals surface area contributed by atoms with Gasteiger partial charge >= 0.3 is 0 Å². The first kappa shape index (κ1) is 13.8. The van der Waals surface area contributed by atoms with E-state index in [1.54, 1.807) is 19.1 Å². The molecular weight excluding hydrogens is 244 g/mol. The molecule has 1 heterocycles. The second-order valence-corrected chi connectivity index (χ2v) is 5.53. The third kappa shape index (κ3) is 3.44. The van der Waals surface area contributed by atoms with E-state index in [1.165, 1.54) is 0 Å². The lowest BCUT2D eigenvalue weighted by atomic mass is 9.82. The lowest BCUT2D eigenvalue weighted by Crippen LogP contribution is -2.33. The molecule has 1 N–H and O–H groups in total. The molecule has 5 heteroatoms. The molecule has 0 unspecified atom stereocenters. The van der Waals surface area contributed by atoms with Gasteiger partial charge in [0.25, 0.3) is 5.69 Å². The third-order valence-electron chi connectivity index (χ3n) is 3.83. The highest BCUT2D eigenvalue weighted by atomic mass is 16.6. The van der Waals surface area contributed by atoms with E-state index in [-0.39, 0.29) is 16.0 Å². The first-order chi connectivity index (χ1) is 9.00. The summed E-state index contributed by atoms with van der Waals surface area (Å²) in [5, 5.41) is 14.2. The predicted molar refractivity (Wildman–Crippen MR) is 74.5 cm³/mol. The number of nitrogens with one attached hydrogen (secondary N) is 1. The Morgan fingerprint density at radius 2 is 2.11 bits per heavy atom. The van der Waals surface area contributed by atoms with Gasteiger partial charge in [0.05, 0.1) is 4.92 Å². The van der Waals surface area contributed by atoms with Gasteiger partial charge in [-0.05, 0) is 31.2 Å². The van der Waals surface area contributed by atoms with Gasteiger partial charge in [0, 0.05) is 37.1 Å². The molecule has 0 aromatic heterocycles. The Kier molecular flexibility index (Phi) is 4.04. The molecule has 1 aromatic rings. The topological polar surface area (TPSA) is 64.4 Å². The van der Waals surface area contributed by atoms with E-state index in [4.69, 9.17) is 4.74 Å². The van der Waals surface area contributed by atoms with E-state index in [2.05, 4.69) is 12.2 Å². The first-order valence-corrected chi connectivity index (χ1v) is 6.57. The normalized spacial score (nSPS) is 18.0. The summed E-state index contributed by atoms with van der Waals surface area (Å²) in [7, 11) is 0. The van der Waals surface area contributed by atoms with Gasteiger partial charge in [-0.3, -0.25) is 10.1 Å². The van der Waals surface area contributed by atoms with Gasteiger partial charge in [-0.25, -0.2) is 0 Å². The van der Waals surface area contributed by atoms with Crippen molar-refractivity contribution in [2.75, 3.05) is 25.1 Å². The Morgan fingerprint density at radius 3 is 2.74 bits per heavy atom. The molecule has 0 bridgehead atoms. The number of rotatable bonds is 4. The molecule has 104 valence electrons. The number of nitrogens with zero attached hydrogens (tertiary/aromatic N) is 1. The van der Waals surface area contributed by atoms with Crippen molar-refractivity contribution in [1.29, 1.82) is 0 Å². The maximum absolute atomic E-state index is 10.9. The van der Waals surface area contributed by atoms with Crippen LogP contribution in [-0.2, 0) is 4.74 Å². The lowest BCUT2D eigenvalue weighted by molar-refractivity contribution is -0.385. The minimum Gasteiger partial charge on any atom is -0.384 e. The van der Waals surface area contributed by atoms with Crippen LogP contribution in [0.4, 0.5) is 11.4 Å². The number of anilines is 1. The van der Waals surface area contributed by atoms with Crippen molar-refractivity contribution < 1.29 is 9.66 Å². The molecule has 2 rings (SSSR count). The van der Waals surface area contributed by atoms with E-state index < -0.39 is 0 Å². The van der Waals surface area contributed by atoms with Crippen molar-refractivity contribution in [3.05, 3.63) is 33.9 Å². The smallest absolute Gasteiger partial charge is 0.274 e. The monoisotopic (exact) mass is 264 g/mol. The van der Waals surface area contributed by atoms with Crippen LogP contribution >= 0.6 is 0 Å². The summed E-state index contributed by atoms with van der Waals surface area (Å²) < 4.78 is 5.37. The van der Waals surface area contributed by atoms with Crippen LogP contribution in [0.1, 0.15) is 25.3 Å². The highest BCUT2D eigenvalue weighted by Gasteiger charge is 2.27. The number of ether oxygens (including phenoxy) is 1. The zero-order valence-corrected chi connectivity index (χ0v) is 11.4. The molecule has 0 aliphatic carbocycles. The van der Waals surface area contributed by atoms with Crippen molar-refractivity contribution in [2.45, 2.75) is 26.7 Å². The molecule has 1 fully saturated rings. The quantitative estimate of drug-likeness (QED) is 0.670. The fourth-order valence-electron chi connectivity index (χ4n) is 2.27. The van der Waals surface area contributed by atoms with Crippen LogP contribution < -0.4 is 5.32 Å². The van der Waals surface area contributed by atoms with Crippen LogP contribution in [0.25, 0.3) is 0 Å². The summed E-state index contributed by atoms with van der Waals surface area (Å²) in [6.45, 7) is 6.39. The molecule has 1 saturated heterocycles. The fraction of sp³-hybridized carbons (Fsp3) is 0.571. The highest BCUT2D eigenvalue weighted by molar-refractivity contribution is 5.54. The van der Waals surface area contributed by atoms with Crippen LogP contribution in [0.15, 0.2) is 18.2 Å². The first-order valence-electron chi connectivity index (χ1n) is 6.57. The van der Waals surface area contributed by atoms with E-state index in [0.717, 1.165) is 38.3 Å². The third-order valence-corrected chi connectivity index (χ3v) is 3.83. The summed E-state index contributed by atoms with van der Waals surface area (Å²) >= 11 is 0. The summed E-state index contributed by atoms with van der Waals surface area (Å²) in [6, 6.07) is 5.29. The Balaban J connectivity index is 2.03. The number of nitro benzene ring substituents is 1. The summed E-state index contributed by atoms with van der Waals surface area (Å²) in [6.07, 6.45) is 2.04. The maximum atomic E-state index is 10.9. The average molecular weight is 264 g/mol. The summed E-state index contributed by atoms with van der Waals surface area (Å²) in [4.78, 5) is 10.6. The van der Waals surface area contributed by atoms with E-state index in [0.29, 0.717) is 5.56 Å². The number of hydrogen-bond acceptors (Lipinski definition) is 4. The lowest BCUT2D eigenvalue weighted by Gasteiger charge is -2.33. The Labute approximate surface area is 113 Å². The van der Waals surface area contributed by atoms with E-state index >= 15 is 0 Å². The second-order valence-electron chi connectivity index (χ2n) is 5.53. The molecule has 1 aliphatic heterocycles. The van der Waals surface area contributed by atoms with E-state index in [1.807, 2.05) is 6.07 Å². The van der Waals surface area contributed by atoms with Gasteiger partial charge in [0.1, 0.15) is 0 Å². The van der Waals surface area contributed by atoms with Gasteiger partial charge in [-0.2, -0.15) is 0 Å². The SMILES string of the molecule is Cc1ccc(NCC2(C)CCOCC2)cc1[N+](=O)[O-]. The van der Waals surface area contributed by atoms with Gasteiger partial charge in [0.2, 0.25) is 0 Å². The van der Waals surface area contributed by atoms with Crippen LogP contribution in [0.5, 0.6) is 0 Å². The predicted octanol–water partition coefficient (Wildman–Crippen LogP) is 3.13. The standard InChI is InChI=1S/C14H20N2O3/c1-11-3-4-12(9-13(11)16(17)18)15-10-14(2)5-7-19-8-6-14/h3-4,9,15H,5-8,10H2,1-2H3. The Bertz CT molecular complexity index is 468.